The van der Waals surface area contributed by atoms with E-state index in [-0.39, 0.29) is 12.0 Å². The van der Waals surface area contributed by atoms with E-state index in [1.165, 1.54) is 11.1 Å². The number of furan rings is 1. The predicted octanol–water partition coefficient (Wildman–Crippen LogP) is 6.39. The second kappa shape index (κ2) is 7.13. The van der Waals surface area contributed by atoms with Gasteiger partial charge in [0.2, 0.25) is 5.71 Å². The number of hydrogen-bond acceptors (Lipinski definition) is 4. The Morgan fingerprint density at radius 1 is 1.06 bits per heavy atom. The quantitative estimate of drug-likeness (QED) is 0.360. The monoisotopic (exact) mass is 417 g/mol. The van der Waals surface area contributed by atoms with Crippen molar-refractivity contribution in [2.45, 2.75) is 31.7 Å². The minimum Gasteiger partial charge on any atom is -0.438 e. The highest BCUT2D eigenvalue weighted by Gasteiger charge is 2.33. The maximum Gasteiger partial charge on any atom is 0.227 e. The molecular formula is C28H23N3O. The highest BCUT2D eigenvalue weighted by Crippen LogP contribution is 2.41. The number of benzene rings is 2. The summed E-state index contributed by atoms with van der Waals surface area (Å²) < 4.78 is 6.07. The maximum atomic E-state index is 6.07. The molecule has 4 heteroatoms. The lowest BCUT2D eigenvalue weighted by Crippen LogP contribution is -2.27. The molecule has 2 aromatic heterocycles. The van der Waals surface area contributed by atoms with Crippen molar-refractivity contribution in [1.29, 1.82) is 0 Å². The van der Waals surface area contributed by atoms with E-state index in [0.717, 1.165) is 57.4 Å². The molecule has 2 aromatic carbocycles. The fourth-order valence-electron chi connectivity index (χ4n) is 5.28. The summed E-state index contributed by atoms with van der Waals surface area (Å²) in [5.41, 5.74) is 8.92. The molecule has 2 atom stereocenters. The molecule has 0 spiro atoms. The van der Waals surface area contributed by atoms with E-state index in [1.807, 2.05) is 37.4 Å². The van der Waals surface area contributed by atoms with Crippen LogP contribution in [-0.2, 0) is 6.42 Å². The second-order valence-corrected chi connectivity index (χ2v) is 8.51. The van der Waals surface area contributed by atoms with Gasteiger partial charge in [0.25, 0.3) is 0 Å². The summed E-state index contributed by atoms with van der Waals surface area (Å²) in [4.78, 5) is 14.6. The Morgan fingerprint density at radius 2 is 1.88 bits per heavy atom. The summed E-state index contributed by atoms with van der Waals surface area (Å²) in [7, 11) is 0. The molecule has 4 heterocycles. The Kier molecular flexibility index (Phi) is 4.22. The number of allylic oxidation sites excluding steroid dienone is 1. The lowest BCUT2D eigenvalue weighted by molar-refractivity contribution is 0.541. The Bertz CT molecular complexity index is 1490. The van der Waals surface area contributed by atoms with Gasteiger partial charge in [0.05, 0.1) is 22.8 Å². The Morgan fingerprint density at radius 3 is 2.75 bits per heavy atom. The first-order valence-corrected chi connectivity index (χ1v) is 11.0. The number of hydrogen-bond donors (Lipinski definition) is 0. The molecule has 156 valence electrons. The highest BCUT2D eigenvalue weighted by molar-refractivity contribution is 6.12. The van der Waals surface area contributed by atoms with Crippen molar-refractivity contribution in [3.8, 4) is 0 Å². The SMILES string of the molecule is C=CC1=NC2C(=C)N=C(C)c3cnc4oc5ccccc5c4c3CCC2c2ccccc21. The Balaban J connectivity index is 1.58. The zero-order valence-electron chi connectivity index (χ0n) is 18.0. The van der Waals surface area contributed by atoms with Gasteiger partial charge in [-0.15, -0.1) is 0 Å². The summed E-state index contributed by atoms with van der Waals surface area (Å²) in [5, 5.41) is 2.20. The van der Waals surface area contributed by atoms with Gasteiger partial charge in [0.1, 0.15) is 5.58 Å². The van der Waals surface area contributed by atoms with Crippen molar-refractivity contribution in [1.82, 2.24) is 4.98 Å². The molecule has 6 rings (SSSR count). The van der Waals surface area contributed by atoms with Crippen LogP contribution in [0.15, 0.2) is 94.1 Å². The summed E-state index contributed by atoms with van der Waals surface area (Å²) in [6.07, 6.45) is 5.55. The summed E-state index contributed by atoms with van der Waals surface area (Å²) >= 11 is 0. The van der Waals surface area contributed by atoms with Crippen LogP contribution in [0, 0.1) is 0 Å². The molecule has 2 unspecified atom stereocenters. The third kappa shape index (κ3) is 2.72. The Hall–Kier alpha value is -3.79. The first kappa shape index (κ1) is 18.9. The van der Waals surface area contributed by atoms with Crippen LogP contribution in [-0.4, -0.2) is 22.4 Å². The van der Waals surface area contributed by atoms with Gasteiger partial charge in [-0.25, -0.2) is 4.98 Å². The zero-order chi connectivity index (χ0) is 21.8. The van der Waals surface area contributed by atoms with E-state index in [1.54, 1.807) is 0 Å². The smallest absolute Gasteiger partial charge is 0.227 e. The van der Waals surface area contributed by atoms with Crippen LogP contribution < -0.4 is 0 Å². The fraction of sp³-hybridized carbons (Fsp3) is 0.179. The zero-order valence-corrected chi connectivity index (χ0v) is 18.0. The predicted molar refractivity (Wildman–Crippen MR) is 131 cm³/mol. The minimum absolute atomic E-state index is 0.105. The van der Waals surface area contributed by atoms with Crippen LogP contribution in [0.25, 0.3) is 22.1 Å². The number of rotatable bonds is 1. The van der Waals surface area contributed by atoms with Crippen molar-refractivity contribution >= 4 is 33.5 Å². The largest absolute Gasteiger partial charge is 0.438 e. The number of aromatic nitrogens is 1. The van der Waals surface area contributed by atoms with Crippen LogP contribution in [0.1, 0.15) is 41.5 Å². The van der Waals surface area contributed by atoms with Crippen LogP contribution in [0.5, 0.6) is 0 Å². The average Bonchev–Trinajstić information content (AvgIpc) is 3.21. The second-order valence-electron chi connectivity index (χ2n) is 8.51. The van der Waals surface area contributed by atoms with Gasteiger partial charge < -0.3 is 4.42 Å². The lowest BCUT2D eigenvalue weighted by atomic mass is 9.79. The van der Waals surface area contributed by atoms with E-state index >= 15 is 0 Å². The van der Waals surface area contributed by atoms with Gasteiger partial charge in [0, 0.05) is 34.3 Å². The van der Waals surface area contributed by atoms with Crippen molar-refractivity contribution in [3.05, 3.63) is 102 Å². The molecule has 0 N–H and O–H groups in total. The third-order valence-corrected chi connectivity index (χ3v) is 6.75. The van der Waals surface area contributed by atoms with E-state index in [9.17, 15) is 0 Å². The van der Waals surface area contributed by atoms with Crippen LogP contribution in [0.4, 0.5) is 0 Å². The van der Waals surface area contributed by atoms with Gasteiger partial charge in [-0.1, -0.05) is 55.6 Å². The molecule has 0 amide bonds. The van der Waals surface area contributed by atoms with Crippen LogP contribution in [0.3, 0.4) is 0 Å². The summed E-state index contributed by atoms with van der Waals surface area (Å²) in [6, 6.07) is 16.6. The standard InChI is InChI=1S/C28H23N3O/c1-4-24-19-10-6-5-9-18(19)21-14-13-20-23(16(2)30-17(3)27(21)31-24)15-29-28-26(20)22-11-7-8-12-25(22)32-28/h4-12,15,21,27H,1,3,13-14H2,2H3. The molecule has 4 aromatic rings. The molecule has 0 fully saturated rings. The van der Waals surface area contributed by atoms with Crippen molar-refractivity contribution in [2.24, 2.45) is 9.98 Å². The van der Waals surface area contributed by atoms with Crippen LogP contribution >= 0.6 is 0 Å². The van der Waals surface area contributed by atoms with Gasteiger partial charge in [-0.2, -0.15) is 0 Å². The minimum atomic E-state index is -0.105. The molecular weight excluding hydrogens is 394 g/mol. The number of aliphatic imine (C=N–C) groups is 2. The molecule has 0 bridgehead atoms. The molecule has 0 saturated carbocycles. The number of aryl methyl sites for hydroxylation is 1. The molecule has 0 saturated heterocycles. The van der Waals surface area contributed by atoms with Crippen LogP contribution in [0.2, 0.25) is 0 Å². The summed E-state index contributed by atoms with van der Waals surface area (Å²) in [5.74, 6) is 0.200. The van der Waals surface area contributed by atoms with Gasteiger partial charge in [-0.3, -0.25) is 9.98 Å². The number of para-hydroxylation sites is 1. The topological polar surface area (TPSA) is 50.8 Å². The van der Waals surface area contributed by atoms with Crippen molar-refractivity contribution < 1.29 is 4.42 Å². The number of fused-ring (bicyclic) bond motifs is 8. The van der Waals surface area contributed by atoms with Gasteiger partial charge in [0.15, 0.2) is 0 Å². The van der Waals surface area contributed by atoms with E-state index in [4.69, 9.17) is 14.4 Å². The first-order chi connectivity index (χ1) is 15.7. The van der Waals surface area contributed by atoms with Gasteiger partial charge >= 0.3 is 0 Å². The molecule has 2 aliphatic rings. The fourth-order valence-corrected chi connectivity index (χ4v) is 5.28. The van der Waals surface area contributed by atoms with E-state index < -0.39 is 0 Å². The van der Waals surface area contributed by atoms with E-state index in [2.05, 4.69) is 48.5 Å². The molecule has 32 heavy (non-hydrogen) atoms. The lowest BCUT2D eigenvalue weighted by Gasteiger charge is -2.31. The number of pyridine rings is 1. The average molecular weight is 418 g/mol. The highest BCUT2D eigenvalue weighted by atomic mass is 16.3. The van der Waals surface area contributed by atoms with Crippen molar-refractivity contribution in [3.63, 3.8) is 0 Å². The third-order valence-electron chi connectivity index (χ3n) is 6.75. The molecule has 0 radical (unpaired) electrons. The molecule has 2 aliphatic heterocycles. The molecule has 4 nitrogen and oxygen atoms in total. The normalized spacial score (nSPS) is 20.3. The van der Waals surface area contributed by atoms with E-state index in [0.29, 0.717) is 5.71 Å². The van der Waals surface area contributed by atoms with Gasteiger partial charge in [-0.05, 0) is 43.0 Å². The maximum absolute atomic E-state index is 6.07. The first-order valence-electron chi connectivity index (χ1n) is 11.0. The molecule has 0 aliphatic carbocycles. The van der Waals surface area contributed by atoms with Crippen molar-refractivity contribution in [2.75, 3.05) is 0 Å². The Labute approximate surface area is 186 Å². The number of nitrogens with zero attached hydrogens (tertiary/aromatic N) is 3. The summed E-state index contributed by atoms with van der Waals surface area (Å²) in [6.45, 7) is 10.4.